The molecule has 2 saturated heterocycles. The van der Waals surface area contributed by atoms with E-state index in [0.717, 1.165) is 0 Å². The van der Waals surface area contributed by atoms with Crippen molar-refractivity contribution in [2.24, 2.45) is 0 Å². The van der Waals surface area contributed by atoms with Crippen molar-refractivity contribution in [3.63, 3.8) is 0 Å². The zero-order chi connectivity index (χ0) is 70.2. The van der Waals surface area contributed by atoms with Gasteiger partial charge in [0, 0.05) is 0 Å². The minimum absolute atomic E-state index is 0.0600. The van der Waals surface area contributed by atoms with Crippen LogP contribution in [-0.2, 0) is 14.9 Å². The van der Waals surface area contributed by atoms with Crippen LogP contribution >= 0.6 is 64.1 Å². The molecule has 18 rings (SSSR count). The quantitative estimate of drug-likeness (QED) is 0.112. The number of hydrogen-bond acceptors (Lipinski definition) is 4. The Morgan fingerprint density at radius 3 is 0.670 bits per heavy atom. The second kappa shape index (κ2) is 25.3. The van der Waals surface area contributed by atoms with Crippen molar-refractivity contribution < 1.29 is 14.9 Å². The summed E-state index contributed by atoms with van der Waals surface area (Å²) < 4.78 is -2.97. The normalized spacial score (nSPS) is 29.4. The summed E-state index contributed by atoms with van der Waals surface area (Å²) in [7, 11) is 18.0. The van der Waals surface area contributed by atoms with E-state index in [-0.39, 0.29) is 23.7 Å². The maximum absolute atomic E-state index is 11.6. The predicted molar refractivity (Wildman–Crippen MR) is 444 cm³/mol. The van der Waals surface area contributed by atoms with Crippen molar-refractivity contribution in [2.45, 2.75) is 115 Å². The molecule has 5 spiro atoms. The Morgan fingerprint density at radius 2 is 0.466 bits per heavy atom. The summed E-state index contributed by atoms with van der Waals surface area (Å²) in [6.07, 6.45) is 49.6. The van der Waals surface area contributed by atoms with Crippen molar-refractivity contribution in [1.82, 2.24) is 0 Å². The third-order valence-corrected chi connectivity index (χ3v) is 115. The number of fused-ring (bicyclic) bond motifs is 8. The zero-order valence-corrected chi connectivity index (χ0v) is 68.2. The molecule has 8 unspecified atom stereocenters. The van der Waals surface area contributed by atoms with Gasteiger partial charge < -0.3 is 0 Å². The van der Waals surface area contributed by atoms with E-state index in [0.29, 0.717) is 0 Å². The molecular weight excluding hydrogens is 1480 g/mol. The van der Waals surface area contributed by atoms with Gasteiger partial charge in [-0.15, -0.1) is 0 Å². The van der Waals surface area contributed by atoms with E-state index < -0.39 is 43.5 Å². The third-order valence-electron chi connectivity index (χ3n) is 26.0. The fourth-order valence-electron chi connectivity index (χ4n) is 23.4. The van der Waals surface area contributed by atoms with Crippen LogP contribution in [0.2, 0.25) is 24.1 Å². The van der Waals surface area contributed by atoms with Crippen LogP contribution < -0.4 is 0 Å². The first-order valence-electron chi connectivity index (χ1n) is 36.4. The third kappa shape index (κ3) is 8.81. The Balaban J connectivity index is 0.924. The summed E-state index contributed by atoms with van der Waals surface area (Å²) in [5, 5.41) is 0. The molecule has 0 N–H and O–H groups in total. The number of benzene rings is 8. The molecule has 506 valence electrons. The number of hydrogen-bond donors (Lipinski definition) is 0. The number of halogens is 2. The van der Waals surface area contributed by atoms with E-state index in [1.165, 1.54) is 128 Å². The second-order valence-corrected chi connectivity index (χ2v) is 74.3. The van der Waals surface area contributed by atoms with E-state index in [9.17, 15) is 17.0 Å². The molecule has 2 heterocycles. The van der Waals surface area contributed by atoms with Crippen LogP contribution in [0.15, 0.2) is 446 Å². The van der Waals surface area contributed by atoms with Crippen LogP contribution in [0, 0.1) is 0 Å². The molecule has 0 radical (unpaired) electrons. The van der Waals surface area contributed by atoms with Crippen LogP contribution in [0.1, 0.15) is 73.6 Å². The molecule has 0 aromatic heterocycles. The molecule has 8 atom stereocenters. The van der Waals surface area contributed by atoms with Gasteiger partial charge in [0.25, 0.3) is 0 Å². The monoisotopic (exact) mass is 1550 g/mol. The summed E-state index contributed by atoms with van der Waals surface area (Å²) in [6, 6.07) is 80.9. The molecule has 10 aliphatic rings. The molecule has 0 bridgehead atoms. The van der Waals surface area contributed by atoms with Gasteiger partial charge in [-0.05, 0) is 0 Å². The molecule has 9 heteroatoms. The van der Waals surface area contributed by atoms with E-state index >= 15 is 0 Å². The molecule has 2 aliphatic heterocycles. The van der Waals surface area contributed by atoms with Crippen molar-refractivity contribution in [3.05, 3.63) is 429 Å². The maximum atomic E-state index is 11.6. The van der Waals surface area contributed by atoms with E-state index in [4.69, 9.17) is 0 Å². The van der Waals surface area contributed by atoms with E-state index in [1.807, 2.05) is 47.0 Å². The molecule has 8 aromatic rings. The van der Waals surface area contributed by atoms with Gasteiger partial charge in [-0.25, -0.2) is 0 Å². The van der Waals surface area contributed by atoms with Gasteiger partial charge in [-0.1, -0.05) is 24.3 Å². The Morgan fingerprint density at radius 1 is 0.272 bits per heavy atom. The van der Waals surface area contributed by atoms with Gasteiger partial charge in [0.05, 0.1) is 0 Å². The molecule has 103 heavy (non-hydrogen) atoms. The summed E-state index contributed by atoms with van der Waals surface area (Å²) >= 11 is -0.434. The van der Waals surface area contributed by atoms with Crippen LogP contribution in [-0.4, -0.2) is 17.6 Å². The average Bonchev–Trinajstić information content (AvgIpc) is 1.51. The van der Waals surface area contributed by atoms with Gasteiger partial charge >= 0.3 is 616 Å². The van der Waals surface area contributed by atoms with Gasteiger partial charge in [-0.2, -0.15) is 0 Å². The molecule has 8 aromatic carbocycles. The van der Waals surface area contributed by atoms with E-state index in [2.05, 4.69) is 381 Å². The van der Waals surface area contributed by atoms with Crippen molar-refractivity contribution in [3.8, 4) is 0 Å². The van der Waals surface area contributed by atoms with Gasteiger partial charge in [-0.3, -0.25) is 0 Å². The molecule has 0 saturated carbocycles. The number of rotatable bonds is 12. The molecule has 0 nitrogen and oxygen atoms in total. The topological polar surface area (TPSA) is 0 Å². The zero-order valence-electron chi connectivity index (χ0n) is 58.7. The Labute approximate surface area is 633 Å². The summed E-state index contributed by atoms with van der Waals surface area (Å²) in [6.45, 7) is 15.6. The van der Waals surface area contributed by atoms with Crippen molar-refractivity contribution in [2.75, 3.05) is 0 Å². The predicted octanol–water partition coefficient (Wildman–Crippen LogP) is 27.3. The van der Waals surface area contributed by atoms with Crippen LogP contribution in [0.4, 0.5) is 0 Å². The van der Waals surface area contributed by atoms with Gasteiger partial charge in [0.1, 0.15) is 0 Å². The Kier molecular flexibility index (Phi) is 16.6. The Bertz CT molecular complexity index is 4740. The summed E-state index contributed by atoms with van der Waals surface area (Å²) in [5.74, 6) is -0.240. The van der Waals surface area contributed by atoms with E-state index in [1.54, 1.807) is 0 Å². The molecule has 0 amide bonds. The minimum atomic E-state index is -7.70. The summed E-state index contributed by atoms with van der Waals surface area (Å²) in [4.78, 5) is 9.81. The average molecular weight is 1560 g/mol. The molecular formula is C94H80Cl2S4Si2Zr. The number of allylic oxidation sites excluding steroid dienone is 32. The van der Waals surface area contributed by atoms with Crippen LogP contribution in [0.25, 0.3) is 0 Å². The first-order valence-corrected chi connectivity index (χ1v) is 55.5. The summed E-state index contributed by atoms with van der Waals surface area (Å²) in [5.41, 5.74) is 21.4. The molecule has 2 fully saturated rings. The SMILES string of the molecule is CC1=CC2=C(C=CC=CC2c2ccc(Sc3ccccc3)cc2)[C]12[SiH](C)[C]1(C(C)=CC3=C1C=CC=CC3c1ccc(Sc3ccccc3)cc1)[Zr]21([Cl])([Cl])[C]2(C(C)=CC3=C2C=CC=CC3c2ccc(Sc3ccccc3)cc2)[SiH](C)[C]12C(C)=CC1=C2C=CC=CC1c1ccc(Sc2ccccc2)cc1. The fourth-order valence-corrected chi connectivity index (χ4v) is 151. The van der Waals surface area contributed by atoms with Crippen LogP contribution in [0.5, 0.6) is 0 Å². The first-order chi connectivity index (χ1) is 50.2. The van der Waals surface area contributed by atoms with Crippen molar-refractivity contribution >= 4 is 81.7 Å². The van der Waals surface area contributed by atoms with Gasteiger partial charge in [0.15, 0.2) is 0 Å². The standard InChI is InChI=1S/2C47H40S2Si.2ClH.Zr/c2*1-32-30-44-40(34-22-26-38(27-23-34)48-36-14-6-4-7-15-36)18-10-12-20-42(44)46(32)50(3)47-33(2)31-45-41(19-11-13-21-43(45)47)35-24-28-39(29-25-35)49-37-16-8-5-9-17-37;;;/h2*4-31,40-41,50H,1-3H3;2*1H;/q;;;;+2/p-2. The second-order valence-electron chi connectivity index (χ2n) is 29.9. The van der Waals surface area contributed by atoms with Crippen LogP contribution in [0.3, 0.4) is 0 Å². The first kappa shape index (κ1) is 67.8. The molecule has 8 aliphatic carbocycles. The Hall–Kier alpha value is -7.10. The van der Waals surface area contributed by atoms with Gasteiger partial charge in [0.2, 0.25) is 0 Å². The van der Waals surface area contributed by atoms with Crippen molar-refractivity contribution in [1.29, 1.82) is 0 Å². The fraction of sp³-hybridized carbons (Fsp3) is 0.149.